The van der Waals surface area contributed by atoms with Gasteiger partial charge in [0.1, 0.15) is 0 Å². The maximum atomic E-state index is 12.5. The fraction of sp³-hybridized carbons (Fsp3) is 0.435. The molecule has 6 heteroatoms. The van der Waals surface area contributed by atoms with Gasteiger partial charge in [-0.15, -0.1) is 0 Å². The Labute approximate surface area is 173 Å². The number of benzene rings is 2. The molecule has 1 atom stereocenters. The fourth-order valence-corrected chi connectivity index (χ4v) is 3.13. The summed E-state index contributed by atoms with van der Waals surface area (Å²) in [6.45, 7) is 4.03. The molecule has 2 rings (SSSR count). The number of aliphatic hydroxyl groups is 1. The second kappa shape index (κ2) is 10.7. The third kappa shape index (κ3) is 6.39. The van der Waals surface area contributed by atoms with Crippen LogP contribution < -0.4 is 20.1 Å². The Hall–Kier alpha value is -2.73. The smallest absolute Gasteiger partial charge is 0.315 e. The van der Waals surface area contributed by atoms with Gasteiger partial charge >= 0.3 is 6.03 Å². The summed E-state index contributed by atoms with van der Waals surface area (Å²) < 4.78 is 10.7. The molecule has 0 radical (unpaired) electrons. The molecule has 2 amide bonds. The van der Waals surface area contributed by atoms with Gasteiger partial charge in [-0.05, 0) is 42.5 Å². The summed E-state index contributed by atoms with van der Waals surface area (Å²) in [6, 6.07) is 15.0. The lowest BCUT2D eigenvalue weighted by Crippen LogP contribution is -2.46. The third-order valence-electron chi connectivity index (χ3n) is 5.29. The average molecular weight is 401 g/mol. The molecule has 0 fully saturated rings. The van der Waals surface area contributed by atoms with Crippen LogP contribution in [-0.4, -0.2) is 37.5 Å². The predicted molar refractivity (Wildman–Crippen MR) is 114 cm³/mol. The molecule has 0 aliphatic rings. The first-order valence-corrected chi connectivity index (χ1v) is 9.97. The van der Waals surface area contributed by atoms with Crippen molar-refractivity contribution < 1.29 is 19.4 Å². The van der Waals surface area contributed by atoms with E-state index in [9.17, 15) is 9.90 Å². The highest BCUT2D eigenvalue weighted by molar-refractivity contribution is 5.74. The maximum Gasteiger partial charge on any atom is 0.315 e. The topological polar surface area (TPSA) is 79.8 Å². The Morgan fingerprint density at radius 1 is 1.03 bits per heavy atom. The van der Waals surface area contributed by atoms with Crippen LogP contribution in [0.2, 0.25) is 0 Å². The highest BCUT2D eigenvalue weighted by atomic mass is 16.5. The Bertz CT molecular complexity index is 776. The van der Waals surface area contributed by atoms with Gasteiger partial charge in [0.25, 0.3) is 0 Å². The van der Waals surface area contributed by atoms with Gasteiger partial charge in [-0.1, -0.05) is 50.2 Å². The number of hydrogen-bond acceptors (Lipinski definition) is 4. The van der Waals surface area contributed by atoms with Crippen LogP contribution in [-0.2, 0) is 6.42 Å². The largest absolute Gasteiger partial charge is 0.493 e. The molecular weight excluding hydrogens is 368 g/mol. The summed E-state index contributed by atoms with van der Waals surface area (Å²) in [4.78, 5) is 12.5. The lowest BCUT2D eigenvalue weighted by molar-refractivity contribution is 0.0348. The van der Waals surface area contributed by atoms with Crippen LogP contribution in [0.3, 0.4) is 0 Å². The SMILES string of the molecule is CCC(O)(CC)CNC(=O)NC(Cc1ccc(OC)c(OC)c1)c1ccccc1. The van der Waals surface area contributed by atoms with Crippen molar-refractivity contribution >= 4 is 6.03 Å². The quantitative estimate of drug-likeness (QED) is 0.566. The zero-order valence-electron chi connectivity index (χ0n) is 17.7. The molecule has 3 N–H and O–H groups in total. The third-order valence-corrected chi connectivity index (χ3v) is 5.29. The zero-order valence-corrected chi connectivity index (χ0v) is 17.7. The molecule has 0 bridgehead atoms. The Balaban J connectivity index is 2.15. The van der Waals surface area contributed by atoms with Crippen molar-refractivity contribution in [2.75, 3.05) is 20.8 Å². The summed E-state index contributed by atoms with van der Waals surface area (Å²) in [6.07, 6.45) is 1.75. The number of urea groups is 1. The Morgan fingerprint density at radius 3 is 2.28 bits per heavy atom. The summed E-state index contributed by atoms with van der Waals surface area (Å²) in [7, 11) is 3.20. The standard InChI is InChI=1S/C23H32N2O4/c1-5-23(27,6-2)16-24-22(26)25-19(18-10-8-7-9-11-18)14-17-12-13-20(28-3)21(15-17)29-4/h7-13,15,19,27H,5-6,14,16H2,1-4H3,(H2,24,25,26). The van der Waals surface area contributed by atoms with Crippen LogP contribution in [0.5, 0.6) is 11.5 Å². The van der Waals surface area contributed by atoms with Crippen LogP contribution in [0.25, 0.3) is 0 Å². The van der Waals surface area contributed by atoms with E-state index < -0.39 is 5.60 Å². The van der Waals surface area contributed by atoms with E-state index in [-0.39, 0.29) is 18.6 Å². The van der Waals surface area contributed by atoms with Crippen LogP contribution in [0.1, 0.15) is 43.9 Å². The van der Waals surface area contributed by atoms with Gasteiger partial charge in [-0.3, -0.25) is 0 Å². The van der Waals surface area contributed by atoms with Gasteiger partial charge < -0.3 is 25.2 Å². The average Bonchev–Trinajstić information content (AvgIpc) is 2.77. The van der Waals surface area contributed by atoms with Crippen molar-refractivity contribution in [3.8, 4) is 11.5 Å². The molecule has 2 aromatic carbocycles. The van der Waals surface area contributed by atoms with Crippen molar-refractivity contribution in [2.45, 2.75) is 44.8 Å². The van der Waals surface area contributed by atoms with E-state index in [4.69, 9.17) is 9.47 Å². The Kier molecular flexibility index (Phi) is 8.34. The van der Waals surface area contributed by atoms with Gasteiger partial charge in [-0.2, -0.15) is 0 Å². The van der Waals surface area contributed by atoms with Crippen molar-refractivity contribution in [2.24, 2.45) is 0 Å². The van der Waals surface area contributed by atoms with E-state index >= 15 is 0 Å². The van der Waals surface area contributed by atoms with E-state index in [1.54, 1.807) is 14.2 Å². The Morgan fingerprint density at radius 2 is 1.69 bits per heavy atom. The highest BCUT2D eigenvalue weighted by Crippen LogP contribution is 2.29. The summed E-state index contributed by atoms with van der Waals surface area (Å²) in [5, 5.41) is 16.2. The van der Waals surface area contributed by atoms with Crippen LogP contribution >= 0.6 is 0 Å². The summed E-state index contributed by atoms with van der Waals surface area (Å²) >= 11 is 0. The molecule has 0 aromatic heterocycles. The first kappa shape index (κ1) is 22.6. The van der Waals surface area contributed by atoms with Gasteiger partial charge in [0.2, 0.25) is 0 Å². The molecule has 0 heterocycles. The van der Waals surface area contributed by atoms with E-state index in [2.05, 4.69) is 10.6 Å². The number of hydrogen-bond donors (Lipinski definition) is 3. The number of nitrogens with one attached hydrogen (secondary N) is 2. The van der Waals surface area contributed by atoms with E-state index in [0.717, 1.165) is 11.1 Å². The molecule has 0 saturated carbocycles. The van der Waals surface area contributed by atoms with Gasteiger partial charge in [-0.25, -0.2) is 4.79 Å². The van der Waals surface area contributed by atoms with Crippen molar-refractivity contribution in [3.05, 3.63) is 59.7 Å². The molecule has 0 aliphatic heterocycles. The van der Waals surface area contributed by atoms with Crippen molar-refractivity contribution in [3.63, 3.8) is 0 Å². The van der Waals surface area contributed by atoms with Gasteiger partial charge in [0, 0.05) is 6.54 Å². The lowest BCUT2D eigenvalue weighted by Gasteiger charge is -2.26. The van der Waals surface area contributed by atoms with Crippen molar-refractivity contribution in [1.82, 2.24) is 10.6 Å². The highest BCUT2D eigenvalue weighted by Gasteiger charge is 2.24. The molecule has 1 unspecified atom stereocenters. The van der Waals surface area contributed by atoms with Gasteiger partial charge in [0.15, 0.2) is 11.5 Å². The second-order valence-corrected chi connectivity index (χ2v) is 7.12. The molecule has 29 heavy (non-hydrogen) atoms. The normalized spacial score (nSPS) is 12.2. The monoisotopic (exact) mass is 400 g/mol. The zero-order chi connectivity index (χ0) is 21.3. The molecular formula is C23H32N2O4. The minimum Gasteiger partial charge on any atom is -0.493 e. The number of methoxy groups -OCH3 is 2. The summed E-state index contributed by atoms with van der Waals surface area (Å²) in [5.74, 6) is 1.31. The fourth-order valence-electron chi connectivity index (χ4n) is 3.13. The van der Waals surface area contributed by atoms with E-state index in [1.807, 2.05) is 62.4 Å². The number of carbonyl (C=O) groups excluding carboxylic acids is 1. The molecule has 158 valence electrons. The van der Waals surface area contributed by atoms with E-state index in [1.165, 1.54) is 0 Å². The predicted octanol–water partition coefficient (Wildman–Crippen LogP) is 3.84. The molecule has 0 spiro atoms. The first-order valence-electron chi connectivity index (χ1n) is 9.97. The molecule has 0 aliphatic carbocycles. The molecule has 2 aromatic rings. The molecule has 0 saturated heterocycles. The minimum atomic E-state index is -0.886. The van der Waals surface area contributed by atoms with Crippen LogP contribution in [0.15, 0.2) is 48.5 Å². The van der Waals surface area contributed by atoms with Crippen molar-refractivity contribution in [1.29, 1.82) is 0 Å². The minimum absolute atomic E-state index is 0.212. The second-order valence-electron chi connectivity index (χ2n) is 7.12. The van der Waals surface area contributed by atoms with Crippen LogP contribution in [0, 0.1) is 0 Å². The number of carbonyl (C=O) groups is 1. The molecule has 6 nitrogen and oxygen atoms in total. The summed E-state index contributed by atoms with van der Waals surface area (Å²) in [5.41, 5.74) is 1.12. The maximum absolute atomic E-state index is 12.5. The number of rotatable bonds is 10. The van der Waals surface area contributed by atoms with E-state index in [0.29, 0.717) is 30.8 Å². The number of amides is 2. The first-order chi connectivity index (χ1) is 13.9. The lowest BCUT2D eigenvalue weighted by atomic mass is 9.97. The van der Waals surface area contributed by atoms with Crippen LogP contribution in [0.4, 0.5) is 4.79 Å². The number of ether oxygens (including phenoxy) is 2. The van der Waals surface area contributed by atoms with Gasteiger partial charge in [0.05, 0.1) is 25.9 Å².